The second kappa shape index (κ2) is 5.08. The maximum absolute atomic E-state index is 12.4. The van der Waals surface area contributed by atoms with Crippen LogP contribution in [0.2, 0.25) is 0 Å². The molecule has 2 N–H and O–H groups in total. The van der Waals surface area contributed by atoms with Crippen LogP contribution in [0.3, 0.4) is 0 Å². The maximum atomic E-state index is 12.4. The number of hydrogen-bond acceptors (Lipinski definition) is 4. The van der Waals surface area contributed by atoms with Crippen molar-refractivity contribution in [1.29, 1.82) is 0 Å². The zero-order valence-corrected chi connectivity index (χ0v) is 10.7. The number of alkyl halides is 3. The van der Waals surface area contributed by atoms with Gasteiger partial charge in [0, 0.05) is 18.1 Å². The predicted molar refractivity (Wildman–Crippen MR) is 66.7 cm³/mol. The van der Waals surface area contributed by atoms with Crippen molar-refractivity contribution in [3.05, 3.63) is 41.7 Å². The molecule has 0 spiro atoms. The molecule has 0 aromatic carbocycles. The van der Waals surface area contributed by atoms with Gasteiger partial charge in [-0.25, -0.2) is 9.97 Å². The lowest BCUT2D eigenvalue weighted by Crippen LogP contribution is -2.05. The van der Waals surface area contributed by atoms with Crippen molar-refractivity contribution < 1.29 is 13.2 Å². The molecule has 7 heteroatoms. The maximum Gasteiger partial charge on any atom is 0.417 e. The van der Waals surface area contributed by atoms with Gasteiger partial charge < -0.3 is 5.73 Å². The number of pyridine rings is 2. The molecule has 19 heavy (non-hydrogen) atoms. The van der Waals surface area contributed by atoms with E-state index in [4.69, 9.17) is 5.73 Å². The number of anilines is 1. The molecule has 0 aliphatic heterocycles. The van der Waals surface area contributed by atoms with Crippen LogP contribution in [0.15, 0.2) is 40.6 Å². The summed E-state index contributed by atoms with van der Waals surface area (Å²) >= 11 is 1.16. The van der Waals surface area contributed by atoms with Crippen LogP contribution in [-0.4, -0.2) is 9.97 Å². The average Bonchev–Trinajstić information content (AvgIpc) is 2.33. The highest BCUT2D eigenvalue weighted by atomic mass is 32.2. The number of hydrogen-bond donors (Lipinski definition) is 1. The van der Waals surface area contributed by atoms with Gasteiger partial charge in [-0.15, -0.1) is 0 Å². The van der Waals surface area contributed by atoms with E-state index >= 15 is 0 Å². The van der Waals surface area contributed by atoms with E-state index in [1.165, 1.54) is 6.07 Å². The van der Waals surface area contributed by atoms with E-state index in [0.29, 0.717) is 15.7 Å². The third-order valence-electron chi connectivity index (χ3n) is 2.39. The van der Waals surface area contributed by atoms with Gasteiger partial charge in [-0.2, -0.15) is 13.2 Å². The lowest BCUT2D eigenvalue weighted by atomic mass is 10.3. The van der Waals surface area contributed by atoms with Crippen molar-refractivity contribution in [3.8, 4) is 0 Å². The quantitative estimate of drug-likeness (QED) is 0.917. The predicted octanol–water partition coefficient (Wildman–Crippen LogP) is 3.54. The van der Waals surface area contributed by atoms with Crippen LogP contribution in [0, 0.1) is 6.92 Å². The normalized spacial score (nSPS) is 11.6. The fourth-order valence-electron chi connectivity index (χ4n) is 1.29. The van der Waals surface area contributed by atoms with Crippen LogP contribution in [0.4, 0.5) is 18.9 Å². The Morgan fingerprint density at radius 3 is 2.32 bits per heavy atom. The molecule has 100 valence electrons. The monoisotopic (exact) mass is 285 g/mol. The third-order valence-corrected chi connectivity index (χ3v) is 3.28. The highest BCUT2D eigenvalue weighted by molar-refractivity contribution is 7.99. The first-order valence-corrected chi connectivity index (χ1v) is 6.11. The lowest BCUT2D eigenvalue weighted by molar-refractivity contribution is -0.137. The van der Waals surface area contributed by atoms with Crippen LogP contribution in [0.5, 0.6) is 0 Å². The van der Waals surface area contributed by atoms with E-state index in [-0.39, 0.29) is 0 Å². The summed E-state index contributed by atoms with van der Waals surface area (Å²) in [5.41, 5.74) is 6.40. The summed E-state index contributed by atoms with van der Waals surface area (Å²) in [5.74, 6) is 0. The summed E-state index contributed by atoms with van der Waals surface area (Å²) in [6, 6.07) is 3.97. The van der Waals surface area contributed by atoms with Gasteiger partial charge in [0.1, 0.15) is 10.1 Å². The molecule has 0 aliphatic rings. The number of nitrogens with zero attached hydrogens (tertiary/aromatic N) is 2. The zero-order valence-electron chi connectivity index (χ0n) is 9.90. The Bertz CT molecular complexity index is 582. The van der Waals surface area contributed by atoms with E-state index in [2.05, 4.69) is 9.97 Å². The number of halogens is 3. The molecule has 0 radical (unpaired) electrons. The smallest absolute Gasteiger partial charge is 0.398 e. The molecule has 3 nitrogen and oxygen atoms in total. The SMILES string of the molecule is Cc1cnc(Sc2ccc(C(F)(F)F)cn2)cc1N. The number of rotatable bonds is 2. The molecule has 0 amide bonds. The van der Waals surface area contributed by atoms with Gasteiger partial charge >= 0.3 is 6.18 Å². The van der Waals surface area contributed by atoms with Gasteiger partial charge in [-0.3, -0.25) is 0 Å². The van der Waals surface area contributed by atoms with E-state index in [1.807, 2.05) is 6.92 Å². The summed E-state index contributed by atoms with van der Waals surface area (Å²) in [5, 5.41) is 1.03. The van der Waals surface area contributed by atoms with Crippen LogP contribution in [0.25, 0.3) is 0 Å². The van der Waals surface area contributed by atoms with E-state index in [0.717, 1.165) is 29.6 Å². The number of aryl methyl sites for hydroxylation is 1. The number of aromatic nitrogens is 2. The van der Waals surface area contributed by atoms with Crippen LogP contribution in [-0.2, 0) is 6.18 Å². The minimum Gasteiger partial charge on any atom is -0.398 e. The number of nitrogens with two attached hydrogens (primary N) is 1. The minimum absolute atomic E-state index is 0.434. The van der Waals surface area contributed by atoms with Gasteiger partial charge in [0.2, 0.25) is 0 Å². The lowest BCUT2D eigenvalue weighted by Gasteiger charge is -2.07. The fourth-order valence-corrected chi connectivity index (χ4v) is 2.04. The molecule has 0 aliphatic carbocycles. The summed E-state index contributed by atoms with van der Waals surface area (Å²) in [7, 11) is 0. The molecule has 0 bridgehead atoms. The summed E-state index contributed by atoms with van der Waals surface area (Å²) in [6.45, 7) is 1.83. The second-order valence-corrected chi connectivity index (χ2v) is 4.90. The molecule has 0 fully saturated rings. The standard InChI is InChI=1S/C12H10F3N3S/c1-7-5-17-11(4-9(7)16)19-10-3-2-8(6-18-10)12(13,14)15/h2-6H,1H3,(H2,16,17). The first kappa shape index (κ1) is 13.7. The van der Waals surface area contributed by atoms with Crippen molar-refractivity contribution in [1.82, 2.24) is 9.97 Å². The molecule has 0 unspecified atom stereocenters. The summed E-state index contributed by atoms with van der Waals surface area (Å²) < 4.78 is 37.1. The Hall–Kier alpha value is -1.76. The van der Waals surface area contributed by atoms with Crippen molar-refractivity contribution in [3.63, 3.8) is 0 Å². The molecule has 0 saturated carbocycles. The van der Waals surface area contributed by atoms with E-state index in [1.54, 1.807) is 12.3 Å². The molecular formula is C12H10F3N3S. The Morgan fingerprint density at radius 1 is 1.11 bits per heavy atom. The largest absolute Gasteiger partial charge is 0.417 e. The van der Waals surface area contributed by atoms with Gasteiger partial charge in [-0.1, -0.05) is 11.8 Å². The molecule has 0 saturated heterocycles. The van der Waals surface area contributed by atoms with Crippen molar-refractivity contribution in [2.45, 2.75) is 23.2 Å². The minimum atomic E-state index is -4.37. The molecular weight excluding hydrogens is 275 g/mol. The van der Waals surface area contributed by atoms with Crippen molar-refractivity contribution >= 4 is 17.4 Å². The van der Waals surface area contributed by atoms with Gasteiger partial charge in [0.25, 0.3) is 0 Å². The van der Waals surface area contributed by atoms with E-state index in [9.17, 15) is 13.2 Å². The molecule has 2 heterocycles. The molecule has 2 rings (SSSR count). The summed E-state index contributed by atoms with van der Waals surface area (Å²) in [6.07, 6.45) is -1.95. The highest BCUT2D eigenvalue weighted by Gasteiger charge is 2.30. The van der Waals surface area contributed by atoms with Crippen molar-refractivity contribution in [2.75, 3.05) is 5.73 Å². The Labute approximate surface area is 112 Å². The fraction of sp³-hybridized carbons (Fsp3) is 0.167. The first-order valence-electron chi connectivity index (χ1n) is 5.29. The van der Waals surface area contributed by atoms with Crippen LogP contribution >= 0.6 is 11.8 Å². The number of nitrogen functional groups attached to an aromatic ring is 1. The molecule has 2 aromatic rings. The molecule has 2 aromatic heterocycles. The first-order chi connectivity index (χ1) is 8.86. The topological polar surface area (TPSA) is 51.8 Å². The Kier molecular flexibility index (Phi) is 3.66. The Morgan fingerprint density at radius 2 is 1.79 bits per heavy atom. The average molecular weight is 285 g/mol. The van der Waals surface area contributed by atoms with Gasteiger partial charge in [0.15, 0.2) is 0 Å². The second-order valence-electron chi connectivity index (χ2n) is 3.86. The zero-order chi connectivity index (χ0) is 14.0. The van der Waals surface area contributed by atoms with Crippen molar-refractivity contribution in [2.24, 2.45) is 0 Å². The highest BCUT2D eigenvalue weighted by Crippen LogP contribution is 2.31. The van der Waals surface area contributed by atoms with E-state index < -0.39 is 11.7 Å². The van der Waals surface area contributed by atoms with Crippen LogP contribution in [0.1, 0.15) is 11.1 Å². The van der Waals surface area contributed by atoms with Gasteiger partial charge in [0.05, 0.1) is 5.56 Å². The van der Waals surface area contributed by atoms with Gasteiger partial charge in [-0.05, 0) is 30.7 Å². The summed E-state index contributed by atoms with van der Waals surface area (Å²) in [4.78, 5) is 7.88. The third kappa shape index (κ3) is 3.37. The molecule has 0 atom stereocenters. The van der Waals surface area contributed by atoms with Crippen LogP contribution < -0.4 is 5.73 Å². The Balaban J connectivity index is 2.17.